The molecule has 0 aliphatic carbocycles. The number of halogens is 2. The van der Waals surface area contributed by atoms with Crippen LogP contribution in [0.3, 0.4) is 0 Å². The minimum Gasteiger partial charge on any atom is -0.331 e. The molecule has 0 bridgehead atoms. The SMILES string of the molecule is O=C(NC(=S)Nc1cccc(Cl)c1Cl)c1cc([N+](=O)[O-])cc([N+](=O)[O-])c1. The Bertz CT molecular complexity index is 905. The van der Waals surface area contributed by atoms with Gasteiger partial charge in [-0.05, 0) is 24.4 Å². The lowest BCUT2D eigenvalue weighted by atomic mass is 10.1. The smallest absolute Gasteiger partial charge is 0.277 e. The number of nitrogens with one attached hydrogen (secondary N) is 2. The number of hydrogen-bond acceptors (Lipinski definition) is 6. The average Bonchev–Trinajstić information content (AvgIpc) is 2.58. The molecule has 9 nitrogen and oxygen atoms in total. The number of rotatable bonds is 4. The van der Waals surface area contributed by atoms with Gasteiger partial charge in [0.2, 0.25) is 0 Å². The quantitative estimate of drug-likeness (QED) is 0.440. The second-order valence-corrected chi connectivity index (χ2v) is 5.96. The fourth-order valence-electron chi connectivity index (χ4n) is 1.87. The number of non-ortho nitro benzene ring substituents is 2. The molecule has 26 heavy (non-hydrogen) atoms. The Morgan fingerprint density at radius 2 is 1.62 bits per heavy atom. The van der Waals surface area contributed by atoms with Crippen LogP contribution in [0.2, 0.25) is 10.0 Å². The van der Waals surface area contributed by atoms with Crippen molar-refractivity contribution in [2.24, 2.45) is 0 Å². The molecule has 2 aromatic rings. The van der Waals surface area contributed by atoms with E-state index in [1.807, 2.05) is 0 Å². The molecule has 0 aromatic heterocycles. The molecule has 0 spiro atoms. The van der Waals surface area contributed by atoms with E-state index in [9.17, 15) is 25.0 Å². The fraction of sp³-hybridized carbons (Fsp3) is 0. The summed E-state index contributed by atoms with van der Waals surface area (Å²) in [6.07, 6.45) is 0. The number of nitrogens with zero attached hydrogens (tertiary/aromatic N) is 2. The van der Waals surface area contributed by atoms with Gasteiger partial charge in [0.1, 0.15) is 0 Å². The first kappa shape index (κ1) is 19.5. The topological polar surface area (TPSA) is 127 Å². The van der Waals surface area contributed by atoms with Crippen LogP contribution in [-0.4, -0.2) is 20.9 Å². The number of hydrogen-bond donors (Lipinski definition) is 2. The van der Waals surface area contributed by atoms with Gasteiger partial charge in [0.05, 0.1) is 37.2 Å². The third kappa shape index (κ3) is 4.63. The van der Waals surface area contributed by atoms with E-state index in [1.54, 1.807) is 18.2 Å². The van der Waals surface area contributed by atoms with Crippen LogP contribution in [0.1, 0.15) is 10.4 Å². The Kier molecular flexibility index (Phi) is 6.03. The first-order valence-corrected chi connectivity index (χ1v) is 7.85. The summed E-state index contributed by atoms with van der Waals surface area (Å²) in [7, 11) is 0. The normalized spacial score (nSPS) is 10.1. The second-order valence-electron chi connectivity index (χ2n) is 4.76. The lowest BCUT2D eigenvalue weighted by Crippen LogP contribution is -2.34. The standard InChI is InChI=1S/C14H8Cl2N4O5S/c15-10-2-1-3-11(12(10)16)17-14(26)18-13(21)7-4-8(19(22)23)6-9(5-7)20(24)25/h1-6H,(H2,17,18,21,26). The van der Waals surface area contributed by atoms with Gasteiger partial charge in [-0.2, -0.15) is 0 Å². The summed E-state index contributed by atoms with van der Waals surface area (Å²) in [6.45, 7) is 0. The molecule has 2 rings (SSSR count). The van der Waals surface area contributed by atoms with Gasteiger partial charge in [0.15, 0.2) is 5.11 Å². The molecule has 0 aliphatic rings. The zero-order chi connectivity index (χ0) is 19.4. The van der Waals surface area contributed by atoms with Crippen molar-refractivity contribution in [3.05, 3.63) is 72.2 Å². The first-order valence-electron chi connectivity index (χ1n) is 6.69. The van der Waals surface area contributed by atoms with Crippen molar-refractivity contribution in [3.63, 3.8) is 0 Å². The van der Waals surface area contributed by atoms with E-state index in [0.717, 1.165) is 18.2 Å². The number of amides is 1. The van der Waals surface area contributed by atoms with Crippen molar-refractivity contribution in [2.75, 3.05) is 5.32 Å². The molecule has 0 heterocycles. The molecule has 0 fully saturated rings. The van der Waals surface area contributed by atoms with Gasteiger partial charge in [-0.25, -0.2) is 0 Å². The zero-order valence-electron chi connectivity index (χ0n) is 12.6. The molecule has 0 atom stereocenters. The van der Waals surface area contributed by atoms with Crippen molar-refractivity contribution >= 4 is 63.5 Å². The van der Waals surface area contributed by atoms with E-state index in [-0.39, 0.29) is 20.7 Å². The number of nitro benzene ring substituents is 2. The molecular weight excluding hydrogens is 407 g/mol. The maximum atomic E-state index is 12.2. The Labute approximate surface area is 161 Å². The van der Waals surface area contributed by atoms with Crippen LogP contribution in [0.15, 0.2) is 36.4 Å². The van der Waals surface area contributed by atoms with Crippen LogP contribution >= 0.6 is 35.4 Å². The van der Waals surface area contributed by atoms with E-state index in [1.165, 1.54) is 0 Å². The third-order valence-corrected chi connectivity index (χ3v) is 4.04. The summed E-state index contributed by atoms with van der Waals surface area (Å²) >= 11 is 16.8. The predicted octanol–water partition coefficient (Wildman–Crippen LogP) is 3.94. The number of anilines is 1. The molecule has 0 saturated heterocycles. The van der Waals surface area contributed by atoms with Crippen molar-refractivity contribution in [1.29, 1.82) is 0 Å². The first-order chi connectivity index (χ1) is 12.2. The summed E-state index contributed by atoms with van der Waals surface area (Å²) in [6, 6.07) is 7.27. The van der Waals surface area contributed by atoms with E-state index in [2.05, 4.69) is 10.6 Å². The molecule has 134 valence electrons. The average molecular weight is 415 g/mol. The van der Waals surface area contributed by atoms with Gasteiger partial charge in [-0.3, -0.25) is 30.3 Å². The monoisotopic (exact) mass is 414 g/mol. The largest absolute Gasteiger partial charge is 0.331 e. The zero-order valence-corrected chi connectivity index (χ0v) is 14.9. The molecule has 0 aliphatic heterocycles. The highest BCUT2D eigenvalue weighted by Gasteiger charge is 2.20. The van der Waals surface area contributed by atoms with E-state index < -0.39 is 27.1 Å². The lowest BCUT2D eigenvalue weighted by molar-refractivity contribution is -0.394. The van der Waals surface area contributed by atoms with Crippen LogP contribution < -0.4 is 10.6 Å². The van der Waals surface area contributed by atoms with Crippen molar-refractivity contribution in [2.45, 2.75) is 0 Å². The number of benzene rings is 2. The molecule has 1 amide bonds. The maximum Gasteiger partial charge on any atom is 0.277 e. The lowest BCUT2D eigenvalue weighted by Gasteiger charge is -2.11. The molecule has 0 unspecified atom stereocenters. The van der Waals surface area contributed by atoms with Crippen LogP contribution in [0.25, 0.3) is 0 Å². The second kappa shape index (κ2) is 8.04. The van der Waals surface area contributed by atoms with Crippen LogP contribution in [0, 0.1) is 20.2 Å². The van der Waals surface area contributed by atoms with Crippen LogP contribution in [0.4, 0.5) is 17.1 Å². The van der Waals surface area contributed by atoms with E-state index in [0.29, 0.717) is 5.69 Å². The Morgan fingerprint density at radius 3 is 2.15 bits per heavy atom. The van der Waals surface area contributed by atoms with Gasteiger partial charge in [0.25, 0.3) is 17.3 Å². The number of thiocarbonyl (C=S) groups is 1. The third-order valence-electron chi connectivity index (χ3n) is 3.01. The number of carbonyl (C=O) groups excluding carboxylic acids is 1. The van der Waals surface area contributed by atoms with Gasteiger partial charge in [-0.1, -0.05) is 29.3 Å². The Morgan fingerprint density at radius 1 is 1.04 bits per heavy atom. The van der Waals surface area contributed by atoms with Crippen LogP contribution in [0.5, 0.6) is 0 Å². The summed E-state index contributed by atoms with van der Waals surface area (Å²) in [5.41, 5.74) is -1.16. The minimum absolute atomic E-state index is 0.173. The fourth-order valence-corrected chi connectivity index (χ4v) is 2.42. The summed E-state index contributed by atoms with van der Waals surface area (Å²) in [5, 5.41) is 26.9. The Hall–Kier alpha value is -2.82. The van der Waals surface area contributed by atoms with Gasteiger partial charge < -0.3 is 5.32 Å². The summed E-state index contributed by atoms with van der Waals surface area (Å²) in [5.74, 6) is -0.868. The summed E-state index contributed by atoms with van der Waals surface area (Å²) in [4.78, 5) is 32.3. The highest BCUT2D eigenvalue weighted by Crippen LogP contribution is 2.29. The van der Waals surface area contributed by atoms with E-state index in [4.69, 9.17) is 35.4 Å². The predicted molar refractivity (Wildman–Crippen MR) is 99.9 cm³/mol. The molecular formula is C14H8Cl2N4O5S. The molecule has 0 saturated carbocycles. The van der Waals surface area contributed by atoms with Gasteiger partial charge >= 0.3 is 0 Å². The summed E-state index contributed by atoms with van der Waals surface area (Å²) < 4.78 is 0. The van der Waals surface area contributed by atoms with Gasteiger partial charge in [-0.15, -0.1) is 0 Å². The molecule has 2 N–H and O–H groups in total. The number of nitro groups is 2. The highest BCUT2D eigenvalue weighted by molar-refractivity contribution is 7.80. The molecule has 2 aromatic carbocycles. The maximum absolute atomic E-state index is 12.2. The molecule has 0 radical (unpaired) electrons. The van der Waals surface area contributed by atoms with Crippen molar-refractivity contribution in [3.8, 4) is 0 Å². The molecule has 12 heteroatoms. The van der Waals surface area contributed by atoms with Crippen molar-refractivity contribution < 1.29 is 14.6 Å². The van der Waals surface area contributed by atoms with E-state index >= 15 is 0 Å². The van der Waals surface area contributed by atoms with Gasteiger partial charge in [0, 0.05) is 12.1 Å². The van der Waals surface area contributed by atoms with Crippen LogP contribution in [-0.2, 0) is 0 Å². The minimum atomic E-state index is -0.868. The number of carbonyl (C=O) groups is 1. The Balaban J connectivity index is 2.21. The highest BCUT2D eigenvalue weighted by atomic mass is 35.5. The van der Waals surface area contributed by atoms with Crippen molar-refractivity contribution in [1.82, 2.24) is 5.32 Å².